The second-order valence-electron chi connectivity index (χ2n) is 7.12. The molecule has 2 saturated carbocycles. The first-order valence-corrected chi connectivity index (χ1v) is 9.19. The second-order valence-corrected chi connectivity index (χ2v) is 8.12. The van der Waals surface area contributed by atoms with Crippen molar-refractivity contribution < 1.29 is 4.79 Å². The van der Waals surface area contributed by atoms with Crippen molar-refractivity contribution in [3.63, 3.8) is 0 Å². The number of rotatable bonds is 2. The van der Waals surface area contributed by atoms with Gasteiger partial charge in [-0.1, -0.05) is 6.42 Å². The van der Waals surface area contributed by atoms with E-state index < -0.39 is 0 Å². The molecule has 2 heterocycles. The van der Waals surface area contributed by atoms with Crippen LogP contribution in [-0.4, -0.2) is 23.5 Å². The van der Waals surface area contributed by atoms with Gasteiger partial charge in [0, 0.05) is 24.0 Å². The van der Waals surface area contributed by atoms with Crippen LogP contribution in [0.25, 0.3) is 0 Å². The maximum Gasteiger partial charge on any atom is 0.317 e. The fourth-order valence-corrected chi connectivity index (χ4v) is 5.61. The van der Waals surface area contributed by atoms with Crippen LogP contribution in [0.15, 0.2) is 11.4 Å². The molecule has 2 fully saturated rings. The molecule has 3 aliphatic rings. The van der Waals surface area contributed by atoms with Crippen LogP contribution in [-0.2, 0) is 13.0 Å². The van der Waals surface area contributed by atoms with Crippen LogP contribution in [0.5, 0.6) is 0 Å². The van der Waals surface area contributed by atoms with Crippen LogP contribution in [0.3, 0.4) is 0 Å². The highest BCUT2D eigenvalue weighted by Crippen LogP contribution is 2.49. The second kappa shape index (κ2) is 5.31. The summed E-state index contributed by atoms with van der Waals surface area (Å²) in [4.78, 5) is 16.0. The first-order valence-electron chi connectivity index (χ1n) is 8.31. The summed E-state index contributed by atoms with van der Waals surface area (Å²) >= 11 is 1.82. The zero-order valence-electron chi connectivity index (χ0n) is 12.7. The minimum absolute atomic E-state index is 0.141. The van der Waals surface area contributed by atoms with Crippen molar-refractivity contribution in [2.45, 2.75) is 51.6 Å². The molecule has 0 spiro atoms. The van der Waals surface area contributed by atoms with Crippen molar-refractivity contribution in [1.29, 1.82) is 0 Å². The van der Waals surface area contributed by atoms with Gasteiger partial charge in [0.25, 0.3) is 0 Å². The largest absolute Gasteiger partial charge is 0.335 e. The van der Waals surface area contributed by atoms with E-state index in [1.54, 1.807) is 0 Å². The van der Waals surface area contributed by atoms with Gasteiger partial charge in [0.2, 0.25) is 0 Å². The van der Waals surface area contributed by atoms with Crippen LogP contribution < -0.4 is 5.32 Å². The van der Waals surface area contributed by atoms with Crippen LogP contribution in [0.1, 0.15) is 43.0 Å². The van der Waals surface area contributed by atoms with Crippen molar-refractivity contribution in [1.82, 2.24) is 10.2 Å². The minimum atomic E-state index is 0.141. The molecule has 4 heteroatoms. The number of carbonyl (C=O) groups excluding carboxylic acids is 1. The zero-order valence-corrected chi connectivity index (χ0v) is 13.5. The van der Waals surface area contributed by atoms with Crippen LogP contribution in [0.4, 0.5) is 4.79 Å². The Bertz CT molecular complexity index is 541. The van der Waals surface area contributed by atoms with Gasteiger partial charge in [-0.25, -0.2) is 4.79 Å². The third-order valence-electron chi connectivity index (χ3n) is 5.88. The summed E-state index contributed by atoms with van der Waals surface area (Å²) in [5.74, 6) is 2.53. The summed E-state index contributed by atoms with van der Waals surface area (Å²) in [6, 6.07) is 2.64. The van der Waals surface area contributed by atoms with Gasteiger partial charge in [0.15, 0.2) is 0 Å². The highest BCUT2D eigenvalue weighted by Gasteiger charge is 2.42. The summed E-state index contributed by atoms with van der Waals surface area (Å²) in [5.41, 5.74) is 1.34. The molecule has 0 radical (unpaired) electrons. The van der Waals surface area contributed by atoms with Gasteiger partial charge in [0.05, 0.1) is 0 Å². The van der Waals surface area contributed by atoms with Gasteiger partial charge < -0.3 is 10.2 Å². The normalized spacial score (nSPS) is 32.0. The van der Waals surface area contributed by atoms with Gasteiger partial charge in [-0.3, -0.25) is 0 Å². The van der Waals surface area contributed by atoms with E-state index >= 15 is 0 Å². The van der Waals surface area contributed by atoms with Crippen LogP contribution >= 0.6 is 11.3 Å². The topological polar surface area (TPSA) is 32.3 Å². The number of nitrogens with zero attached hydrogens (tertiary/aromatic N) is 1. The first-order chi connectivity index (χ1) is 10.2. The smallest absolute Gasteiger partial charge is 0.317 e. The third-order valence-corrected chi connectivity index (χ3v) is 6.90. The predicted molar refractivity (Wildman–Crippen MR) is 85.4 cm³/mol. The molecule has 1 aromatic rings. The van der Waals surface area contributed by atoms with Gasteiger partial charge in [-0.05, 0) is 67.4 Å². The summed E-state index contributed by atoms with van der Waals surface area (Å²) in [6.07, 6.45) is 6.57. The average molecular weight is 304 g/mol. The molecular formula is C17H24N2OS. The molecule has 0 unspecified atom stereocenters. The lowest BCUT2D eigenvalue weighted by Crippen LogP contribution is -2.48. The van der Waals surface area contributed by atoms with E-state index in [0.29, 0.717) is 12.0 Å². The van der Waals surface area contributed by atoms with E-state index in [4.69, 9.17) is 0 Å². The van der Waals surface area contributed by atoms with E-state index in [0.717, 1.165) is 31.3 Å². The molecule has 2 amide bonds. The molecular weight excluding hydrogens is 280 g/mol. The van der Waals surface area contributed by atoms with Gasteiger partial charge in [0.1, 0.15) is 0 Å². The molecule has 1 aliphatic heterocycles. The number of carbonyl (C=O) groups is 1. The number of amides is 2. The standard InChI is InChI=1S/C17H24N2OS/c1-11(15-9-12-2-3-13(15)8-12)18-17(20)19-6-4-16-14(10-19)5-7-21-16/h5,7,11-13,15H,2-4,6,8-10H2,1H3,(H,18,20)/t11-,12-,13-,15+/m0/s1. The Hall–Kier alpha value is -1.03. The highest BCUT2D eigenvalue weighted by atomic mass is 32.1. The fraction of sp³-hybridized carbons (Fsp3) is 0.706. The summed E-state index contributed by atoms with van der Waals surface area (Å²) < 4.78 is 0. The molecule has 2 aliphatic carbocycles. The lowest BCUT2D eigenvalue weighted by Gasteiger charge is -2.32. The quantitative estimate of drug-likeness (QED) is 0.889. The minimum Gasteiger partial charge on any atom is -0.335 e. The number of thiophene rings is 1. The van der Waals surface area contributed by atoms with Crippen molar-refractivity contribution in [3.8, 4) is 0 Å². The number of nitrogens with one attached hydrogen (secondary N) is 1. The first kappa shape index (κ1) is 13.6. The van der Waals surface area contributed by atoms with Crippen LogP contribution in [0.2, 0.25) is 0 Å². The lowest BCUT2D eigenvalue weighted by atomic mass is 9.84. The Kier molecular flexibility index (Phi) is 3.44. The lowest BCUT2D eigenvalue weighted by molar-refractivity contribution is 0.178. The average Bonchev–Trinajstić information content (AvgIpc) is 3.21. The van der Waals surface area contributed by atoms with Crippen molar-refractivity contribution in [2.75, 3.05) is 6.54 Å². The van der Waals surface area contributed by atoms with E-state index in [2.05, 4.69) is 23.7 Å². The van der Waals surface area contributed by atoms with Crippen molar-refractivity contribution in [2.24, 2.45) is 17.8 Å². The van der Waals surface area contributed by atoms with E-state index in [1.165, 1.54) is 36.1 Å². The van der Waals surface area contributed by atoms with E-state index in [1.807, 2.05) is 16.2 Å². The van der Waals surface area contributed by atoms with Gasteiger partial charge in [-0.15, -0.1) is 11.3 Å². The summed E-state index contributed by atoms with van der Waals surface area (Å²) in [7, 11) is 0. The number of hydrogen-bond donors (Lipinski definition) is 1. The highest BCUT2D eigenvalue weighted by molar-refractivity contribution is 7.10. The maximum absolute atomic E-state index is 12.5. The number of urea groups is 1. The molecule has 114 valence electrons. The summed E-state index contributed by atoms with van der Waals surface area (Å²) in [5, 5.41) is 5.43. The Balaban J connectivity index is 1.36. The Morgan fingerprint density at radius 3 is 3.10 bits per heavy atom. The van der Waals surface area contributed by atoms with Gasteiger partial charge >= 0.3 is 6.03 Å². The molecule has 4 rings (SSSR count). The molecule has 21 heavy (non-hydrogen) atoms. The fourth-order valence-electron chi connectivity index (χ4n) is 4.72. The number of fused-ring (bicyclic) bond motifs is 3. The molecule has 1 aromatic heterocycles. The van der Waals surface area contributed by atoms with E-state index in [9.17, 15) is 4.79 Å². The van der Waals surface area contributed by atoms with Gasteiger partial charge in [-0.2, -0.15) is 0 Å². The molecule has 0 aromatic carbocycles. The molecule has 1 N–H and O–H groups in total. The van der Waals surface area contributed by atoms with Crippen LogP contribution in [0, 0.1) is 17.8 Å². The van der Waals surface area contributed by atoms with E-state index in [-0.39, 0.29) is 6.03 Å². The van der Waals surface area contributed by atoms with Crippen molar-refractivity contribution in [3.05, 3.63) is 21.9 Å². The molecule has 2 bridgehead atoms. The SMILES string of the molecule is C[C@H](NC(=O)N1CCc2sccc2C1)[C@H]1C[C@H]2CC[C@H]1C2. The monoisotopic (exact) mass is 304 g/mol. The predicted octanol–water partition coefficient (Wildman–Crippen LogP) is 3.64. The Morgan fingerprint density at radius 2 is 2.33 bits per heavy atom. The zero-order chi connectivity index (χ0) is 14.4. The maximum atomic E-state index is 12.5. The molecule has 0 saturated heterocycles. The Morgan fingerprint density at radius 1 is 1.43 bits per heavy atom. The van der Waals surface area contributed by atoms with Crippen molar-refractivity contribution >= 4 is 17.4 Å². The molecule has 4 atom stereocenters. The number of hydrogen-bond acceptors (Lipinski definition) is 2. The Labute approximate surface area is 130 Å². The third kappa shape index (κ3) is 2.48. The molecule has 3 nitrogen and oxygen atoms in total. The summed E-state index contributed by atoms with van der Waals surface area (Å²) in [6.45, 7) is 3.86.